The molecule has 4 heteroatoms. The number of benzene rings is 1. The van der Waals surface area contributed by atoms with Gasteiger partial charge in [0.15, 0.2) is 5.78 Å². The van der Waals surface area contributed by atoms with Crippen LogP contribution in [-0.2, 0) is 4.74 Å². The molecule has 33 heavy (non-hydrogen) atoms. The van der Waals surface area contributed by atoms with Crippen molar-refractivity contribution >= 4 is 5.78 Å². The van der Waals surface area contributed by atoms with E-state index in [4.69, 9.17) is 10.5 Å². The lowest BCUT2D eigenvalue weighted by atomic mass is 9.40. The van der Waals surface area contributed by atoms with E-state index in [0.29, 0.717) is 30.1 Å². The van der Waals surface area contributed by atoms with Crippen molar-refractivity contribution in [2.24, 2.45) is 40.2 Å². The smallest absolute Gasteiger partial charge is 0.166 e. The van der Waals surface area contributed by atoms with Gasteiger partial charge >= 0.3 is 0 Å². The lowest BCUT2D eigenvalue weighted by Gasteiger charge is -2.67. The highest BCUT2D eigenvalue weighted by Crippen LogP contribution is 2.69. The molecule has 0 heterocycles. The number of ether oxygens (including phenoxy) is 1. The molecule has 4 nitrogen and oxygen atoms in total. The summed E-state index contributed by atoms with van der Waals surface area (Å²) in [6.45, 7) is 7.14. The fourth-order valence-electron chi connectivity index (χ4n) is 9.29. The van der Waals surface area contributed by atoms with Crippen LogP contribution in [0.15, 0.2) is 24.3 Å². The molecular weight excluding hydrogens is 410 g/mol. The maximum Gasteiger partial charge on any atom is 0.166 e. The summed E-state index contributed by atoms with van der Waals surface area (Å²) in [5.41, 5.74) is 8.68. The third kappa shape index (κ3) is 3.38. The summed E-state index contributed by atoms with van der Waals surface area (Å²) in [5.74, 6) is 1.77. The van der Waals surface area contributed by atoms with Gasteiger partial charge in [0.25, 0.3) is 0 Å². The van der Waals surface area contributed by atoms with Crippen LogP contribution in [0.1, 0.15) is 87.6 Å². The molecule has 0 spiro atoms. The number of fused-ring (bicyclic) bond motifs is 5. The fourth-order valence-corrected chi connectivity index (χ4v) is 9.29. The van der Waals surface area contributed by atoms with Crippen molar-refractivity contribution in [1.82, 2.24) is 0 Å². The highest BCUT2D eigenvalue weighted by atomic mass is 16.5. The van der Waals surface area contributed by atoms with Crippen LogP contribution >= 0.6 is 0 Å². The van der Waals surface area contributed by atoms with E-state index in [1.165, 1.54) is 0 Å². The second-order valence-corrected chi connectivity index (χ2v) is 12.7. The van der Waals surface area contributed by atoms with Crippen LogP contribution in [0.5, 0.6) is 0 Å². The zero-order valence-corrected chi connectivity index (χ0v) is 21.0. The topological polar surface area (TPSA) is 72.5 Å². The minimum Gasteiger partial charge on any atom is -0.390 e. The number of carbonyl (C=O) groups excluding carboxylic acids is 1. The van der Waals surface area contributed by atoms with Crippen LogP contribution in [0.25, 0.3) is 0 Å². The van der Waals surface area contributed by atoms with Crippen molar-refractivity contribution in [2.45, 2.75) is 89.7 Å². The standard InChI is InChI=1S/C29H43NO3/c1-19-6-5-7-20(16-19)25(31)24-11-10-22-23-9-8-21-17-26(2,32)12-14-28(21,18-33-4)29(23,30)15-13-27(22,24)3/h5-7,16,21-24,32H,8-15,17-18,30H2,1-4H3/t21-,22?,23?,24?,26+,27?,28?,29+/m0/s1. The minimum atomic E-state index is -0.590. The zero-order chi connectivity index (χ0) is 23.6. The molecule has 4 saturated carbocycles. The third-order valence-corrected chi connectivity index (χ3v) is 11.0. The van der Waals surface area contributed by atoms with Crippen molar-refractivity contribution in [1.29, 1.82) is 0 Å². The van der Waals surface area contributed by atoms with Gasteiger partial charge in [0.2, 0.25) is 0 Å². The van der Waals surface area contributed by atoms with E-state index in [1.807, 2.05) is 26.2 Å². The van der Waals surface area contributed by atoms with Gasteiger partial charge < -0.3 is 15.6 Å². The maximum absolute atomic E-state index is 13.7. The first-order valence-electron chi connectivity index (χ1n) is 13.2. The maximum atomic E-state index is 13.7. The summed E-state index contributed by atoms with van der Waals surface area (Å²) in [6, 6.07) is 8.13. The number of Topliss-reactive ketones (excluding diaryl/α,β-unsaturated/α-hetero) is 1. The van der Waals surface area contributed by atoms with E-state index in [9.17, 15) is 9.90 Å². The lowest BCUT2D eigenvalue weighted by molar-refractivity contribution is -0.185. The fraction of sp³-hybridized carbons (Fsp3) is 0.759. The Kier molecular flexibility index (Phi) is 5.62. The Labute approximate surface area is 199 Å². The molecule has 3 N–H and O–H groups in total. The summed E-state index contributed by atoms with van der Waals surface area (Å²) < 4.78 is 5.87. The highest BCUT2D eigenvalue weighted by molar-refractivity contribution is 5.98. The van der Waals surface area contributed by atoms with Gasteiger partial charge in [-0.15, -0.1) is 0 Å². The number of ketones is 1. The number of rotatable bonds is 4. The van der Waals surface area contributed by atoms with Crippen molar-refractivity contribution in [2.75, 3.05) is 13.7 Å². The molecule has 4 fully saturated rings. The third-order valence-electron chi connectivity index (χ3n) is 11.0. The van der Waals surface area contributed by atoms with Crippen molar-refractivity contribution in [3.63, 3.8) is 0 Å². The highest BCUT2D eigenvalue weighted by Gasteiger charge is 2.68. The average Bonchev–Trinajstić information content (AvgIpc) is 3.11. The van der Waals surface area contributed by atoms with Gasteiger partial charge in [-0.3, -0.25) is 4.79 Å². The van der Waals surface area contributed by atoms with E-state index in [-0.39, 0.29) is 22.3 Å². The number of aliphatic hydroxyl groups is 1. The van der Waals surface area contributed by atoms with Crippen molar-refractivity contribution in [3.8, 4) is 0 Å². The first-order valence-corrected chi connectivity index (χ1v) is 13.2. The van der Waals surface area contributed by atoms with Crippen molar-refractivity contribution < 1.29 is 14.6 Å². The summed E-state index contributed by atoms with van der Waals surface area (Å²) >= 11 is 0. The predicted octanol–water partition coefficient (Wildman–Crippen LogP) is 5.30. The van der Waals surface area contributed by atoms with E-state index >= 15 is 0 Å². The molecule has 0 aromatic heterocycles. The summed E-state index contributed by atoms with van der Waals surface area (Å²) in [6.07, 6.45) is 8.88. The molecule has 0 radical (unpaired) electrons. The quantitative estimate of drug-likeness (QED) is 0.607. The van der Waals surface area contributed by atoms with Crippen LogP contribution < -0.4 is 5.73 Å². The Morgan fingerprint density at radius 2 is 1.85 bits per heavy atom. The van der Waals surface area contributed by atoms with Gasteiger partial charge in [-0.25, -0.2) is 0 Å². The monoisotopic (exact) mass is 453 g/mol. The molecule has 4 aliphatic rings. The zero-order valence-electron chi connectivity index (χ0n) is 21.0. The molecule has 5 rings (SSSR count). The van der Waals surface area contributed by atoms with E-state index in [0.717, 1.165) is 68.9 Å². The lowest BCUT2D eigenvalue weighted by Crippen LogP contribution is -2.73. The molecule has 1 aromatic carbocycles. The molecule has 1 aromatic rings. The normalized spacial score (nSPS) is 46.8. The number of hydrogen-bond donors (Lipinski definition) is 2. The SMILES string of the molecule is COCC12CC[C@@](C)(O)C[C@@H]1CCC1C3CCC(C(=O)c4cccc(C)c4)C3(C)CC[C@@]12N. The number of carbonyl (C=O) groups is 1. The summed E-state index contributed by atoms with van der Waals surface area (Å²) in [4.78, 5) is 13.7. The first-order chi connectivity index (χ1) is 15.6. The van der Waals surface area contributed by atoms with Gasteiger partial charge in [0.1, 0.15) is 0 Å². The number of methoxy groups -OCH3 is 1. The summed E-state index contributed by atoms with van der Waals surface area (Å²) in [5, 5.41) is 10.9. The number of nitrogens with two attached hydrogens (primary N) is 1. The van der Waals surface area contributed by atoms with Crippen LogP contribution in [-0.4, -0.2) is 35.7 Å². The minimum absolute atomic E-state index is 0.0234. The molecule has 4 aliphatic carbocycles. The largest absolute Gasteiger partial charge is 0.390 e. The van der Waals surface area contributed by atoms with Crippen LogP contribution in [0, 0.1) is 41.4 Å². The van der Waals surface area contributed by atoms with Gasteiger partial charge in [-0.1, -0.05) is 30.7 Å². The number of aryl methyl sites for hydroxylation is 1. The summed E-state index contributed by atoms with van der Waals surface area (Å²) in [7, 11) is 1.81. The molecule has 0 bridgehead atoms. The molecule has 0 aliphatic heterocycles. The Balaban J connectivity index is 1.47. The molecule has 0 saturated heterocycles. The Morgan fingerprint density at radius 1 is 1.09 bits per heavy atom. The molecular formula is C29H43NO3. The number of hydrogen-bond acceptors (Lipinski definition) is 4. The molecule has 5 unspecified atom stereocenters. The molecule has 8 atom stereocenters. The predicted molar refractivity (Wildman–Crippen MR) is 131 cm³/mol. The van der Waals surface area contributed by atoms with Crippen LogP contribution in [0.2, 0.25) is 0 Å². The average molecular weight is 454 g/mol. The van der Waals surface area contributed by atoms with E-state index < -0.39 is 5.60 Å². The first kappa shape index (κ1) is 23.5. The molecule has 0 amide bonds. The van der Waals surface area contributed by atoms with Gasteiger partial charge in [-0.05, 0) is 101 Å². The van der Waals surface area contributed by atoms with E-state index in [2.05, 4.69) is 26.0 Å². The van der Waals surface area contributed by atoms with E-state index in [1.54, 1.807) is 0 Å². The van der Waals surface area contributed by atoms with Crippen molar-refractivity contribution in [3.05, 3.63) is 35.4 Å². The second kappa shape index (κ2) is 7.90. The Morgan fingerprint density at radius 3 is 2.58 bits per heavy atom. The Bertz CT molecular complexity index is 927. The molecule has 182 valence electrons. The van der Waals surface area contributed by atoms with Crippen LogP contribution in [0.3, 0.4) is 0 Å². The van der Waals surface area contributed by atoms with Gasteiger partial charge in [0.05, 0.1) is 12.2 Å². The second-order valence-electron chi connectivity index (χ2n) is 12.7. The van der Waals surface area contributed by atoms with Gasteiger partial charge in [-0.2, -0.15) is 0 Å². The van der Waals surface area contributed by atoms with Gasteiger partial charge in [0, 0.05) is 29.5 Å². The Hall–Kier alpha value is -1.23. The van der Waals surface area contributed by atoms with Crippen LogP contribution in [0.4, 0.5) is 0 Å².